The molecule has 1 N–H and O–H groups in total. The van der Waals surface area contributed by atoms with Crippen LogP contribution in [0.2, 0.25) is 0 Å². The van der Waals surface area contributed by atoms with Gasteiger partial charge in [-0.2, -0.15) is 0 Å². The molecule has 1 aromatic rings. The van der Waals surface area contributed by atoms with Crippen molar-refractivity contribution < 1.29 is 0 Å². The Morgan fingerprint density at radius 3 is 2.89 bits per heavy atom. The first-order valence-corrected chi connectivity index (χ1v) is 6.68. The Morgan fingerprint density at radius 2 is 2.11 bits per heavy atom. The first-order chi connectivity index (χ1) is 8.63. The normalized spacial score (nSPS) is 28.4. The Kier molecular flexibility index (Phi) is 2.86. The van der Waals surface area contributed by atoms with Crippen LogP contribution in [-0.2, 0) is 0 Å². The fraction of sp³-hybridized carbons (Fsp3) is 0.692. The van der Waals surface area contributed by atoms with Crippen LogP contribution in [0.25, 0.3) is 0 Å². The molecule has 18 heavy (non-hydrogen) atoms. The Hall–Kier alpha value is -1.36. The molecule has 0 spiro atoms. The van der Waals surface area contributed by atoms with E-state index < -0.39 is 0 Å². The number of nitrogens with one attached hydrogen (secondary N) is 1. The van der Waals surface area contributed by atoms with Crippen LogP contribution in [0.1, 0.15) is 25.1 Å². The number of likely N-dealkylation sites (N-methyl/N-ethyl adjacent to an activating group) is 1. The summed E-state index contributed by atoms with van der Waals surface area (Å²) in [4.78, 5) is 23.5. The predicted octanol–water partition coefficient (Wildman–Crippen LogP) is 0.751. The lowest BCUT2D eigenvalue weighted by Gasteiger charge is -2.26. The van der Waals surface area contributed by atoms with Crippen molar-refractivity contribution in [2.24, 2.45) is 0 Å². The molecule has 1 aromatic heterocycles. The Morgan fingerprint density at radius 1 is 1.33 bits per heavy atom. The van der Waals surface area contributed by atoms with Gasteiger partial charge in [-0.15, -0.1) is 0 Å². The largest absolute Gasteiger partial charge is 0.355 e. The molecule has 98 valence electrons. The Balaban J connectivity index is 1.86. The van der Waals surface area contributed by atoms with E-state index in [-0.39, 0.29) is 5.56 Å². The van der Waals surface area contributed by atoms with Crippen LogP contribution in [0, 0.1) is 6.92 Å². The average Bonchev–Trinajstić information content (AvgIpc) is 2.51. The summed E-state index contributed by atoms with van der Waals surface area (Å²) in [5.74, 6) is 1.53. The Bertz CT molecular complexity index is 498. The fourth-order valence-corrected chi connectivity index (χ4v) is 3.24. The summed E-state index contributed by atoms with van der Waals surface area (Å²) in [6.45, 7) is 3.82. The van der Waals surface area contributed by atoms with E-state index >= 15 is 0 Å². The quantitative estimate of drug-likeness (QED) is 0.797. The third-order valence-corrected chi connectivity index (χ3v) is 4.32. The van der Waals surface area contributed by atoms with Gasteiger partial charge in [0, 0.05) is 31.2 Å². The number of aryl methyl sites for hydroxylation is 1. The SMILES string of the molecule is Cc1nc(N2CCC3CCC(C2)N3C)cc(=O)[nH]1. The second-order valence-electron chi connectivity index (χ2n) is 5.47. The molecule has 3 heterocycles. The summed E-state index contributed by atoms with van der Waals surface area (Å²) in [6, 6.07) is 2.94. The lowest BCUT2D eigenvalue weighted by atomic mass is 10.1. The molecule has 2 unspecified atom stereocenters. The number of rotatable bonds is 1. The predicted molar refractivity (Wildman–Crippen MR) is 71.0 cm³/mol. The van der Waals surface area contributed by atoms with E-state index in [2.05, 4.69) is 26.8 Å². The molecule has 0 aromatic carbocycles. The molecule has 2 fully saturated rings. The van der Waals surface area contributed by atoms with Gasteiger partial charge in [-0.25, -0.2) is 4.98 Å². The van der Waals surface area contributed by atoms with Crippen LogP contribution in [0.3, 0.4) is 0 Å². The molecule has 0 saturated carbocycles. The van der Waals surface area contributed by atoms with Crippen LogP contribution in [-0.4, -0.2) is 47.1 Å². The highest BCUT2D eigenvalue weighted by molar-refractivity contribution is 5.38. The van der Waals surface area contributed by atoms with Crippen molar-refractivity contribution >= 4 is 5.82 Å². The van der Waals surface area contributed by atoms with Crippen LogP contribution in [0.15, 0.2) is 10.9 Å². The van der Waals surface area contributed by atoms with Crippen LogP contribution >= 0.6 is 0 Å². The average molecular weight is 248 g/mol. The lowest BCUT2D eigenvalue weighted by Crippen LogP contribution is -2.37. The van der Waals surface area contributed by atoms with E-state index in [1.807, 2.05) is 6.92 Å². The molecule has 5 nitrogen and oxygen atoms in total. The third-order valence-electron chi connectivity index (χ3n) is 4.32. The van der Waals surface area contributed by atoms with Gasteiger partial charge in [0.15, 0.2) is 0 Å². The minimum atomic E-state index is -0.0553. The van der Waals surface area contributed by atoms with Gasteiger partial charge in [0.2, 0.25) is 0 Å². The standard InChI is InChI=1S/C13H20N4O/c1-9-14-12(7-13(18)15-9)17-6-5-10-3-4-11(8-17)16(10)2/h7,10-11H,3-6,8H2,1-2H3,(H,14,15,18). The van der Waals surface area contributed by atoms with E-state index in [1.54, 1.807) is 6.07 Å². The molecule has 2 atom stereocenters. The third kappa shape index (κ3) is 2.03. The van der Waals surface area contributed by atoms with Crippen molar-refractivity contribution in [3.8, 4) is 0 Å². The van der Waals surface area contributed by atoms with Crippen molar-refractivity contribution in [2.45, 2.75) is 38.3 Å². The summed E-state index contributed by atoms with van der Waals surface area (Å²) in [5, 5.41) is 0. The number of aromatic amines is 1. The smallest absolute Gasteiger partial charge is 0.252 e. The number of nitrogens with zero attached hydrogens (tertiary/aromatic N) is 3. The maximum Gasteiger partial charge on any atom is 0.252 e. The van der Waals surface area contributed by atoms with Gasteiger partial charge in [0.1, 0.15) is 11.6 Å². The first-order valence-electron chi connectivity index (χ1n) is 6.68. The number of anilines is 1. The van der Waals surface area contributed by atoms with Crippen LogP contribution < -0.4 is 10.5 Å². The van der Waals surface area contributed by atoms with E-state index in [0.717, 1.165) is 18.9 Å². The summed E-state index contributed by atoms with van der Waals surface area (Å²) in [5.41, 5.74) is -0.0553. The highest BCUT2D eigenvalue weighted by atomic mass is 16.1. The van der Waals surface area contributed by atoms with Crippen molar-refractivity contribution in [3.05, 3.63) is 22.2 Å². The van der Waals surface area contributed by atoms with Crippen molar-refractivity contribution in [1.29, 1.82) is 0 Å². The van der Waals surface area contributed by atoms with Gasteiger partial charge in [-0.1, -0.05) is 0 Å². The molecule has 0 aliphatic carbocycles. The van der Waals surface area contributed by atoms with Crippen molar-refractivity contribution in [1.82, 2.24) is 14.9 Å². The highest BCUT2D eigenvalue weighted by Gasteiger charge is 2.34. The molecule has 2 aliphatic heterocycles. The zero-order valence-corrected chi connectivity index (χ0v) is 11.0. The summed E-state index contributed by atoms with van der Waals surface area (Å²) < 4.78 is 0. The Labute approximate surface area is 107 Å². The summed E-state index contributed by atoms with van der Waals surface area (Å²) >= 11 is 0. The molecule has 2 bridgehead atoms. The highest BCUT2D eigenvalue weighted by Crippen LogP contribution is 2.29. The van der Waals surface area contributed by atoms with Gasteiger partial charge in [-0.3, -0.25) is 9.69 Å². The molecule has 3 rings (SSSR count). The molecular formula is C13H20N4O. The summed E-state index contributed by atoms with van der Waals surface area (Å²) in [6.07, 6.45) is 3.75. The summed E-state index contributed by atoms with van der Waals surface area (Å²) in [7, 11) is 2.22. The molecular weight excluding hydrogens is 228 g/mol. The van der Waals surface area contributed by atoms with Gasteiger partial charge in [-0.05, 0) is 33.2 Å². The molecule has 0 amide bonds. The molecule has 0 radical (unpaired) electrons. The monoisotopic (exact) mass is 248 g/mol. The number of H-pyrrole nitrogens is 1. The molecule has 2 aliphatic rings. The van der Waals surface area contributed by atoms with Crippen LogP contribution in [0.5, 0.6) is 0 Å². The van der Waals surface area contributed by atoms with Crippen LogP contribution in [0.4, 0.5) is 5.82 Å². The second-order valence-corrected chi connectivity index (χ2v) is 5.47. The van der Waals surface area contributed by atoms with Gasteiger partial charge >= 0.3 is 0 Å². The van der Waals surface area contributed by atoms with Gasteiger partial charge < -0.3 is 9.88 Å². The zero-order chi connectivity index (χ0) is 12.7. The number of hydrogen-bond acceptors (Lipinski definition) is 4. The lowest BCUT2D eigenvalue weighted by molar-refractivity contribution is 0.254. The van der Waals surface area contributed by atoms with E-state index in [0.29, 0.717) is 17.9 Å². The minimum absolute atomic E-state index is 0.0553. The molecule has 2 saturated heterocycles. The minimum Gasteiger partial charge on any atom is -0.355 e. The number of aromatic nitrogens is 2. The topological polar surface area (TPSA) is 52.2 Å². The van der Waals surface area contributed by atoms with Crippen molar-refractivity contribution in [3.63, 3.8) is 0 Å². The molecule has 5 heteroatoms. The van der Waals surface area contributed by atoms with E-state index in [1.165, 1.54) is 19.3 Å². The number of hydrogen-bond donors (Lipinski definition) is 1. The van der Waals surface area contributed by atoms with Crippen molar-refractivity contribution in [2.75, 3.05) is 25.0 Å². The van der Waals surface area contributed by atoms with Gasteiger partial charge in [0.05, 0.1) is 0 Å². The second kappa shape index (κ2) is 4.39. The maximum atomic E-state index is 11.5. The van der Waals surface area contributed by atoms with Gasteiger partial charge in [0.25, 0.3) is 5.56 Å². The maximum absolute atomic E-state index is 11.5. The number of fused-ring (bicyclic) bond motifs is 2. The first kappa shape index (κ1) is 11.7. The zero-order valence-electron chi connectivity index (χ0n) is 11.0. The fourth-order valence-electron chi connectivity index (χ4n) is 3.24. The van der Waals surface area contributed by atoms with E-state index in [9.17, 15) is 4.79 Å². The van der Waals surface area contributed by atoms with E-state index in [4.69, 9.17) is 0 Å².